The average molecular weight is 604 g/mol. The van der Waals surface area contributed by atoms with Crippen molar-refractivity contribution >= 4 is 36.9 Å². The fraction of sp³-hybridized carbons (Fsp3) is 0.222. The summed E-state index contributed by atoms with van der Waals surface area (Å²) in [4.78, 5) is 4.26. The minimum atomic E-state index is -2.52. The van der Waals surface area contributed by atoms with Gasteiger partial charge in [-0.15, -0.1) is 6.58 Å². The van der Waals surface area contributed by atoms with E-state index < -0.39 is 16.1 Å². The van der Waals surface area contributed by atoms with E-state index in [0.717, 1.165) is 35.8 Å². The van der Waals surface area contributed by atoms with Gasteiger partial charge in [-0.3, -0.25) is 4.68 Å². The van der Waals surface area contributed by atoms with Gasteiger partial charge in [-0.25, -0.2) is 4.98 Å². The third-order valence-electron chi connectivity index (χ3n) is 8.42. The number of allylic oxidation sites excluding steroid dienone is 1. The maximum Gasteiger partial charge on any atom is 0.137 e. The number of ether oxygens (including phenoxy) is 2. The number of aryl methyl sites for hydroxylation is 1. The summed E-state index contributed by atoms with van der Waals surface area (Å²) >= 11 is 0. The van der Waals surface area contributed by atoms with Crippen LogP contribution >= 0.6 is 0 Å². The van der Waals surface area contributed by atoms with Crippen LogP contribution in [0.3, 0.4) is 0 Å². The predicted octanol–water partition coefficient (Wildman–Crippen LogP) is 5.33. The maximum absolute atomic E-state index is 5.89. The predicted molar refractivity (Wildman–Crippen MR) is 183 cm³/mol. The van der Waals surface area contributed by atoms with E-state index in [9.17, 15) is 0 Å². The Bertz CT molecular complexity index is 1450. The van der Waals surface area contributed by atoms with E-state index in [4.69, 9.17) is 9.47 Å². The van der Waals surface area contributed by atoms with Gasteiger partial charge >= 0.3 is 0 Å². The molecular formula is C36H41N3O2Si2. The molecule has 5 rings (SSSR count). The molecule has 0 aliphatic rings. The molecule has 0 aliphatic carbocycles. The van der Waals surface area contributed by atoms with Crippen LogP contribution in [0.25, 0.3) is 0 Å². The number of hydrogen-bond donors (Lipinski definition) is 0. The zero-order chi connectivity index (χ0) is 30.0. The molecule has 5 nitrogen and oxygen atoms in total. The Hall–Kier alpha value is -4.21. The fourth-order valence-corrected chi connectivity index (χ4v) is 21.2. The van der Waals surface area contributed by atoms with Gasteiger partial charge in [0.25, 0.3) is 0 Å². The van der Waals surface area contributed by atoms with Crippen molar-refractivity contribution in [1.29, 1.82) is 0 Å². The molecule has 0 bridgehead atoms. The van der Waals surface area contributed by atoms with Gasteiger partial charge in [0.2, 0.25) is 0 Å². The third-order valence-corrected chi connectivity index (χ3v) is 21.1. The zero-order valence-electron chi connectivity index (χ0n) is 25.2. The molecule has 4 aromatic carbocycles. The highest BCUT2D eigenvalue weighted by Crippen LogP contribution is 2.29. The number of rotatable bonds is 15. The monoisotopic (exact) mass is 603 g/mol. The summed E-state index contributed by atoms with van der Waals surface area (Å²) in [7, 11) is -4.91. The smallest absolute Gasteiger partial charge is 0.137 e. The fourth-order valence-electron chi connectivity index (χ4n) is 6.43. The molecule has 220 valence electrons. The van der Waals surface area contributed by atoms with Crippen molar-refractivity contribution in [3.63, 3.8) is 0 Å². The summed E-state index contributed by atoms with van der Waals surface area (Å²) in [6.07, 6.45) is 5.61. The van der Waals surface area contributed by atoms with E-state index in [2.05, 4.69) is 132 Å². The molecule has 0 amide bonds. The van der Waals surface area contributed by atoms with Crippen molar-refractivity contribution in [2.45, 2.75) is 38.1 Å². The van der Waals surface area contributed by atoms with E-state index in [0.29, 0.717) is 13.2 Å². The van der Waals surface area contributed by atoms with Crippen molar-refractivity contribution in [3.8, 4) is 11.5 Å². The first kappa shape index (κ1) is 30.3. The van der Waals surface area contributed by atoms with Crippen molar-refractivity contribution in [2.24, 2.45) is 0 Å². The van der Waals surface area contributed by atoms with Crippen LogP contribution in [0.4, 0.5) is 0 Å². The van der Waals surface area contributed by atoms with Crippen molar-refractivity contribution < 1.29 is 9.47 Å². The standard InChI is InChI=1S/C36H41N3O2Si2/c1-4-26-42(33-13-9-7-10-14-33,34-15-11-8-12-16-34)30-43(27-25-39-29-37-28-38-39,35-21-17-31(18-22-35)40-5-2)36-23-19-32(20-24-36)41-6-3/h4,7-24,28-29H,1,5-6,25-27,30H2,2-3H3. The Morgan fingerprint density at radius 1 is 0.674 bits per heavy atom. The lowest BCUT2D eigenvalue weighted by molar-refractivity contribution is 0.340. The molecule has 0 fully saturated rings. The molecule has 5 aromatic rings. The lowest BCUT2D eigenvalue weighted by atomic mass is 10.3. The van der Waals surface area contributed by atoms with Gasteiger partial charge in [-0.05, 0) is 55.9 Å². The van der Waals surface area contributed by atoms with Crippen LogP contribution in [0.1, 0.15) is 13.8 Å². The van der Waals surface area contributed by atoms with E-state index in [-0.39, 0.29) is 0 Å². The largest absolute Gasteiger partial charge is 0.494 e. The first-order valence-electron chi connectivity index (χ1n) is 15.1. The van der Waals surface area contributed by atoms with Crippen LogP contribution in [-0.4, -0.2) is 44.1 Å². The first-order chi connectivity index (χ1) is 21.1. The van der Waals surface area contributed by atoms with Crippen molar-refractivity contribution in [2.75, 3.05) is 13.2 Å². The SMILES string of the molecule is C=CC[Si](C[Si](CCn1cncn1)(c1ccc(OCC)cc1)c1ccc(OCC)cc1)(c1ccccc1)c1ccccc1. The van der Waals surface area contributed by atoms with Gasteiger partial charge in [0.1, 0.15) is 40.3 Å². The van der Waals surface area contributed by atoms with Gasteiger partial charge in [0.05, 0.1) is 13.2 Å². The molecule has 0 aliphatic heterocycles. The number of hydrogen-bond acceptors (Lipinski definition) is 4. The highest BCUT2D eigenvalue weighted by molar-refractivity contribution is 7.17. The molecule has 0 unspecified atom stereocenters. The molecule has 1 aromatic heterocycles. The average Bonchev–Trinajstić information content (AvgIpc) is 3.59. The molecule has 7 heteroatoms. The van der Waals surface area contributed by atoms with E-state index in [1.807, 2.05) is 24.9 Å². The van der Waals surface area contributed by atoms with E-state index >= 15 is 0 Å². The Labute approximate surface area is 257 Å². The van der Waals surface area contributed by atoms with E-state index in [1.165, 1.54) is 20.7 Å². The van der Waals surface area contributed by atoms with Gasteiger partial charge in [0.15, 0.2) is 0 Å². The van der Waals surface area contributed by atoms with Crippen LogP contribution in [-0.2, 0) is 6.54 Å². The Balaban J connectivity index is 1.77. The topological polar surface area (TPSA) is 49.2 Å². The summed E-state index contributed by atoms with van der Waals surface area (Å²) in [6, 6.07) is 42.2. The summed E-state index contributed by atoms with van der Waals surface area (Å²) in [5, 5.41) is 10.2. The number of benzene rings is 4. The third kappa shape index (κ3) is 6.73. The Kier molecular flexibility index (Phi) is 10.1. The molecule has 0 atom stereocenters. The summed E-state index contributed by atoms with van der Waals surface area (Å²) < 4.78 is 13.8. The zero-order valence-corrected chi connectivity index (χ0v) is 27.2. The molecule has 0 N–H and O–H groups in total. The summed E-state index contributed by atoms with van der Waals surface area (Å²) in [6.45, 7) is 10.4. The number of nitrogens with zero attached hydrogens (tertiary/aromatic N) is 3. The lowest BCUT2D eigenvalue weighted by Crippen LogP contribution is -2.69. The molecular weight excluding hydrogens is 563 g/mol. The van der Waals surface area contributed by atoms with Crippen LogP contribution in [0.2, 0.25) is 17.8 Å². The molecule has 0 spiro atoms. The van der Waals surface area contributed by atoms with Crippen molar-refractivity contribution in [1.82, 2.24) is 14.8 Å². The quantitative estimate of drug-likeness (QED) is 0.120. The van der Waals surface area contributed by atoms with Crippen LogP contribution in [0, 0.1) is 0 Å². The van der Waals surface area contributed by atoms with Gasteiger partial charge in [-0.1, -0.05) is 112 Å². The molecule has 0 radical (unpaired) electrons. The molecule has 1 heterocycles. The molecule has 0 saturated carbocycles. The normalized spacial score (nSPS) is 11.7. The summed E-state index contributed by atoms with van der Waals surface area (Å²) in [5.74, 6) is 1.80. The lowest BCUT2D eigenvalue weighted by Gasteiger charge is -2.43. The summed E-state index contributed by atoms with van der Waals surface area (Å²) in [5.41, 5.74) is 1.08. The Morgan fingerprint density at radius 2 is 1.16 bits per heavy atom. The Morgan fingerprint density at radius 3 is 1.58 bits per heavy atom. The minimum absolute atomic E-state index is 0.643. The number of aromatic nitrogens is 3. The minimum Gasteiger partial charge on any atom is -0.494 e. The first-order valence-corrected chi connectivity index (χ1v) is 20.0. The highest BCUT2D eigenvalue weighted by atomic mass is 28.4. The van der Waals surface area contributed by atoms with Gasteiger partial charge in [0, 0.05) is 6.54 Å². The van der Waals surface area contributed by atoms with Crippen LogP contribution in [0.5, 0.6) is 11.5 Å². The second-order valence-corrected chi connectivity index (χ2v) is 19.8. The second-order valence-electron chi connectivity index (χ2n) is 10.9. The highest BCUT2D eigenvalue weighted by Gasteiger charge is 2.48. The van der Waals surface area contributed by atoms with Crippen LogP contribution in [0.15, 0.2) is 135 Å². The molecule has 0 saturated heterocycles. The van der Waals surface area contributed by atoms with Gasteiger partial charge < -0.3 is 9.47 Å². The maximum atomic E-state index is 5.89. The van der Waals surface area contributed by atoms with Crippen molar-refractivity contribution in [3.05, 3.63) is 135 Å². The van der Waals surface area contributed by atoms with Crippen LogP contribution < -0.4 is 30.2 Å². The molecule has 43 heavy (non-hydrogen) atoms. The van der Waals surface area contributed by atoms with E-state index in [1.54, 1.807) is 6.33 Å². The van der Waals surface area contributed by atoms with Gasteiger partial charge in [-0.2, -0.15) is 5.10 Å². The second kappa shape index (κ2) is 14.3.